The average Bonchev–Trinajstić information content (AvgIpc) is 2.47. The number of phenols is 1. The number of rotatable bonds is 1. The summed E-state index contributed by atoms with van der Waals surface area (Å²) in [7, 11) is -2.00. The lowest BCUT2D eigenvalue weighted by Gasteiger charge is -2.28. The molecule has 0 radical (unpaired) electrons. The van der Waals surface area contributed by atoms with Crippen molar-refractivity contribution in [3.05, 3.63) is 33.7 Å². The van der Waals surface area contributed by atoms with Gasteiger partial charge in [-0.05, 0) is 34.6 Å². The lowest BCUT2D eigenvalue weighted by atomic mass is 9.78. The fourth-order valence-electron chi connectivity index (χ4n) is 2.98. The monoisotopic (exact) mass is 379 g/mol. The molecule has 1 saturated heterocycles. The van der Waals surface area contributed by atoms with E-state index in [-0.39, 0.29) is 33.8 Å². The summed E-state index contributed by atoms with van der Waals surface area (Å²) >= 11 is 0. The molecular weight excluding hydrogens is 350 g/mol. The van der Waals surface area contributed by atoms with E-state index in [1.165, 1.54) is 11.0 Å². The minimum absolute atomic E-state index is 0.0720. The third-order valence-corrected chi connectivity index (χ3v) is 6.32. The van der Waals surface area contributed by atoms with E-state index >= 15 is 0 Å². The number of aromatic hydroxyl groups is 1. The highest BCUT2D eigenvalue weighted by Gasteiger charge is 2.33. The van der Waals surface area contributed by atoms with Gasteiger partial charge in [0.2, 0.25) is 0 Å². The molecule has 0 aromatic heterocycles. The van der Waals surface area contributed by atoms with E-state index in [1.54, 1.807) is 19.2 Å². The van der Waals surface area contributed by atoms with Gasteiger partial charge in [-0.25, -0.2) is 8.42 Å². The molecule has 1 aromatic rings. The second-order valence-electron chi connectivity index (χ2n) is 9.02. The van der Waals surface area contributed by atoms with Crippen molar-refractivity contribution >= 4 is 21.8 Å². The van der Waals surface area contributed by atoms with Gasteiger partial charge in [0.1, 0.15) is 10.7 Å². The first-order chi connectivity index (χ1) is 11.6. The highest BCUT2D eigenvalue weighted by Crippen LogP contribution is 2.40. The molecule has 1 heterocycles. The SMILES string of the molecule is CN1CCS(=O)(=O)/C(=C/c2cc(C(C)(C)C)c(O)c(C(C)(C)C)c2)C1=O. The number of phenolic OH excluding ortho intramolecular Hbond substituents is 1. The van der Waals surface area contributed by atoms with Crippen LogP contribution in [0.2, 0.25) is 0 Å². The molecule has 1 N–H and O–H groups in total. The van der Waals surface area contributed by atoms with Crippen LogP contribution in [0, 0.1) is 0 Å². The maximum absolute atomic E-state index is 12.4. The third kappa shape index (κ3) is 3.95. The Morgan fingerprint density at radius 3 is 1.92 bits per heavy atom. The number of carbonyl (C=O) groups excluding carboxylic acids is 1. The minimum Gasteiger partial charge on any atom is -0.507 e. The third-order valence-electron chi connectivity index (χ3n) is 4.63. The van der Waals surface area contributed by atoms with Crippen molar-refractivity contribution in [3.63, 3.8) is 0 Å². The molecule has 1 aromatic carbocycles. The molecule has 0 bridgehead atoms. The Bertz CT molecular complexity index is 833. The zero-order valence-electron chi connectivity index (χ0n) is 16.7. The molecule has 0 unspecified atom stereocenters. The van der Waals surface area contributed by atoms with Gasteiger partial charge in [0, 0.05) is 24.7 Å². The fourth-order valence-corrected chi connectivity index (χ4v) is 4.45. The Labute approximate surface area is 156 Å². The molecule has 1 fully saturated rings. The van der Waals surface area contributed by atoms with Gasteiger partial charge in [-0.3, -0.25) is 4.79 Å². The Hall–Kier alpha value is -1.82. The Morgan fingerprint density at radius 2 is 1.50 bits per heavy atom. The van der Waals surface area contributed by atoms with Crippen LogP contribution in [0.3, 0.4) is 0 Å². The Kier molecular flexibility index (Phi) is 5.05. The zero-order valence-corrected chi connectivity index (χ0v) is 17.5. The predicted octanol–water partition coefficient (Wildman–Crippen LogP) is 3.21. The van der Waals surface area contributed by atoms with Gasteiger partial charge < -0.3 is 10.0 Å². The molecule has 2 rings (SSSR count). The van der Waals surface area contributed by atoms with Crippen LogP contribution in [0.4, 0.5) is 0 Å². The van der Waals surface area contributed by atoms with Crippen molar-refractivity contribution < 1.29 is 18.3 Å². The van der Waals surface area contributed by atoms with E-state index in [0.29, 0.717) is 5.56 Å². The second-order valence-corrected chi connectivity index (χ2v) is 11.1. The lowest BCUT2D eigenvalue weighted by Crippen LogP contribution is -2.40. The normalized spacial score (nSPS) is 19.9. The van der Waals surface area contributed by atoms with Crippen LogP contribution in [-0.4, -0.2) is 43.7 Å². The van der Waals surface area contributed by atoms with Crippen molar-refractivity contribution in [2.75, 3.05) is 19.3 Å². The summed E-state index contributed by atoms with van der Waals surface area (Å²) in [5.74, 6) is -0.335. The van der Waals surface area contributed by atoms with Gasteiger partial charge in [0.25, 0.3) is 5.91 Å². The van der Waals surface area contributed by atoms with E-state index in [1.807, 2.05) is 41.5 Å². The van der Waals surface area contributed by atoms with Gasteiger partial charge in [-0.1, -0.05) is 41.5 Å². The Morgan fingerprint density at radius 1 is 1.04 bits per heavy atom. The number of benzene rings is 1. The van der Waals surface area contributed by atoms with Crippen molar-refractivity contribution in [1.82, 2.24) is 4.90 Å². The van der Waals surface area contributed by atoms with E-state index < -0.39 is 15.7 Å². The summed E-state index contributed by atoms with van der Waals surface area (Å²) in [6, 6.07) is 3.55. The molecule has 1 aliphatic rings. The number of hydrogen-bond acceptors (Lipinski definition) is 4. The summed E-state index contributed by atoms with van der Waals surface area (Å²) in [5, 5.41) is 10.8. The summed E-state index contributed by atoms with van der Waals surface area (Å²) in [6.07, 6.45) is 1.44. The highest BCUT2D eigenvalue weighted by molar-refractivity contribution is 7.96. The number of amides is 1. The van der Waals surface area contributed by atoms with Gasteiger partial charge in [-0.2, -0.15) is 0 Å². The van der Waals surface area contributed by atoms with Gasteiger partial charge >= 0.3 is 0 Å². The van der Waals surface area contributed by atoms with Crippen LogP contribution in [0.1, 0.15) is 58.2 Å². The number of hydrogen-bond donors (Lipinski definition) is 1. The lowest BCUT2D eigenvalue weighted by molar-refractivity contribution is -0.125. The minimum atomic E-state index is -3.60. The second kappa shape index (κ2) is 6.41. The molecule has 0 aliphatic carbocycles. The van der Waals surface area contributed by atoms with Gasteiger partial charge in [-0.15, -0.1) is 0 Å². The molecule has 1 amide bonds. The number of likely N-dealkylation sites (N-methyl/N-ethyl adjacent to an activating group) is 1. The van der Waals surface area contributed by atoms with Gasteiger partial charge in [0.15, 0.2) is 9.84 Å². The van der Waals surface area contributed by atoms with E-state index in [9.17, 15) is 18.3 Å². The van der Waals surface area contributed by atoms with Crippen LogP contribution in [-0.2, 0) is 25.5 Å². The van der Waals surface area contributed by atoms with Crippen LogP contribution in [0.25, 0.3) is 6.08 Å². The maximum atomic E-state index is 12.4. The molecule has 0 spiro atoms. The number of carbonyl (C=O) groups is 1. The quantitative estimate of drug-likeness (QED) is 0.760. The molecule has 26 heavy (non-hydrogen) atoms. The molecule has 6 heteroatoms. The smallest absolute Gasteiger partial charge is 0.265 e. The molecule has 5 nitrogen and oxygen atoms in total. The molecule has 0 atom stereocenters. The van der Waals surface area contributed by atoms with Crippen LogP contribution >= 0.6 is 0 Å². The zero-order chi connectivity index (χ0) is 20.1. The number of sulfone groups is 1. The highest BCUT2D eigenvalue weighted by atomic mass is 32.2. The molecular formula is C20H29NO4S. The topological polar surface area (TPSA) is 74.7 Å². The predicted molar refractivity (Wildman–Crippen MR) is 105 cm³/mol. The summed E-state index contributed by atoms with van der Waals surface area (Å²) in [4.78, 5) is 13.6. The summed E-state index contributed by atoms with van der Waals surface area (Å²) in [5.41, 5.74) is 1.41. The fraction of sp³-hybridized carbons (Fsp3) is 0.550. The summed E-state index contributed by atoms with van der Waals surface area (Å²) < 4.78 is 24.8. The first-order valence-corrected chi connectivity index (χ1v) is 10.4. The average molecular weight is 380 g/mol. The number of nitrogens with zero attached hydrogens (tertiary/aromatic N) is 1. The van der Waals surface area contributed by atoms with Crippen LogP contribution in [0.5, 0.6) is 5.75 Å². The first-order valence-electron chi connectivity index (χ1n) is 8.72. The Balaban J connectivity index is 2.76. The molecule has 1 aliphatic heterocycles. The molecule has 144 valence electrons. The van der Waals surface area contributed by atoms with Crippen molar-refractivity contribution in [3.8, 4) is 5.75 Å². The van der Waals surface area contributed by atoms with E-state index in [4.69, 9.17) is 0 Å². The standard InChI is InChI=1S/C20H29NO4S/c1-19(2,3)14-10-13(11-15(17(14)22)20(4,5)6)12-16-18(23)21(7)8-9-26(16,24)25/h10-12,22H,8-9H2,1-7H3/b16-12+. The van der Waals surface area contributed by atoms with E-state index in [0.717, 1.165) is 11.1 Å². The maximum Gasteiger partial charge on any atom is 0.265 e. The van der Waals surface area contributed by atoms with Crippen molar-refractivity contribution in [2.45, 2.75) is 52.4 Å². The van der Waals surface area contributed by atoms with Crippen molar-refractivity contribution in [2.24, 2.45) is 0 Å². The largest absolute Gasteiger partial charge is 0.507 e. The van der Waals surface area contributed by atoms with Crippen LogP contribution in [0.15, 0.2) is 17.0 Å². The van der Waals surface area contributed by atoms with E-state index in [2.05, 4.69) is 0 Å². The van der Waals surface area contributed by atoms with Gasteiger partial charge in [0.05, 0.1) is 5.75 Å². The first kappa shape index (κ1) is 20.5. The molecule has 0 saturated carbocycles. The van der Waals surface area contributed by atoms with Crippen molar-refractivity contribution in [1.29, 1.82) is 0 Å². The summed E-state index contributed by atoms with van der Waals surface area (Å²) in [6.45, 7) is 12.1. The van der Waals surface area contributed by atoms with Crippen LogP contribution < -0.4 is 0 Å².